The summed E-state index contributed by atoms with van der Waals surface area (Å²) in [6.45, 7) is 10.4. The second-order valence-corrected chi connectivity index (χ2v) is 5.45. The Balaban J connectivity index is 2.34. The minimum absolute atomic E-state index is 0.0747. The van der Waals surface area contributed by atoms with E-state index in [2.05, 4.69) is 27.7 Å². The molecule has 0 bridgehead atoms. The Morgan fingerprint density at radius 3 is 2.22 bits per heavy atom. The molecule has 3 nitrogen and oxygen atoms in total. The van der Waals surface area contributed by atoms with Crippen LogP contribution in [0.1, 0.15) is 59.8 Å². The van der Waals surface area contributed by atoms with E-state index in [0.29, 0.717) is 11.8 Å². The highest BCUT2D eigenvalue weighted by Gasteiger charge is 2.34. The molecule has 1 rings (SSSR count). The van der Waals surface area contributed by atoms with Gasteiger partial charge in [-0.2, -0.15) is 0 Å². The first-order valence-electron chi connectivity index (χ1n) is 7.57. The van der Waals surface area contributed by atoms with E-state index in [4.69, 9.17) is 14.2 Å². The van der Waals surface area contributed by atoms with E-state index < -0.39 is 0 Å². The summed E-state index contributed by atoms with van der Waals surface area (Å²) in [5, 5.41) is 0. The first-order chi connectivity index (χ1) is 8.69. The summed E-state index contributed by atoms with van der Waals surface area (Å²) in [6, 6.07) is 0. The number of hydrogen-bond acceptors (Lipinski definition) is 3. The Kier molecular flexibility index (Phi) is 7.87. The SMILES string of the molecule is CCCCOC1CC(C)C(C)C(OCCCC)O1. The van der Waals surface area contributed by atoms with Gasteiger partial charge in [0.2, 0.25) is 0 Å². The van der Waals surface area contributed by atoms with Crippen LogP contribution in [0.5, 0.6) is 0 Å². The molecule has 0 saturated carbocycles. The van der Waals surface area contributed by atoms with E-state index in [1.54, 1.807) is 0 Å². The van der Waals surface area contributed by atoms with Gasteiger partial charge in [0, 0.05) is 25.6 Å². The molecule has 1 heterocycles. The Hall–Kier alpha value is -0.120. The summed E-state index contributed by atoms with van der Waals surface area (Å²) in [6.07, 6.45) is 5.34. The second kappa shape index (κ2) is 8.89. The molecule has 0 aromatic heterocycles. The lowest BCUT2D eigenvalue weighted by Crippen LogP contribution is -2.41. The fourth-order valence-electron chi connectivity index (χ4n) is 2.12. The maximum absolute atomic E-state index is 5.92. The third kappa shape index (κ3) is 5.25. The molecule has 108 valence electrons. The van der Waals surface area contributed by atoms with Crippen molar-refractivity contribution in [2.24, 2.45) is 11.8 Å². The minimum atomic E-state index is -0.0908. The highest BCUT2D eigenvalue weighted by molar-refractivity contribution is 4.73. The van der Waals surface area contributed by atoms with Gasteiger partial charge in [0.25, 0.3) is 0 Å². The minimum Gasteiger partial charge on any atom is -0.353 e. The van der Waals surface area contributed by atoms with Crippen LogP contribution in [0.2, 0.25) is 0 Å². The van der Waals surface area contributed by atoms with Crippen LogP contribution in [0.15, 0.2) is 0 Å². The Morgan fingerprint density at radius 1 is 1.00 bits per heavy atom. The monoisotopic (exact) mass is 258 g/mol. The molecular weight excluding hydrogens is 228 g/mol. The largest absolute Gasteiger partial charge is 0.353 e. The van der Waals surface area contributed by atoms with E-state index in [1.807, 2.05) is 0 Å². The van der Waals surface area contributed by atoms with Gasteiger partial charge >= 0.3 is 0 Å². The van der Waals surface area contributed by atoms with Gasteiger partial charge < -0.3 is 14.2 Å². The highest BCUT2D eigenvalue weighted by Crippen LogP contribution is 2.31. The van der Waals surface area contributed by atoms with E-state index in [1.165, 1.54) is 0 Å². The summed E-state index contributed by atoms with van der Waals surface area (Å²) < 4.78 is 17.5. The van der Waals surface area contributed by atoms with Crippen molar-refractivity contribution in [1.82, 2.24) is 0 Å². The smallest absolute Gasteiger partial charge is 0.163 e. The lowest BCUT2D eigenvalue weighted by atomic mass is 9.90. The van der Waals surface area contributed by atoms with Gasteiger partial charge in [0.15, 0.2) is 12.6 Å². The van der Waals surface area contributed by atoms with Gasteiger partial charge in [-0.3, -0.25) is 0 Å². The van der Waals surface area contributed by atoms with Crippen LogP contribution >= 0.6 is 0 Å². The van der Waals surface area contributed by atoms with Crippen molar-refractivity contribution < 1.29 is 14.2 Å². The van der Waals surface area contributed by atoms with Crippen molar-refractivity contribution in [3.8, 4) is 0 Å². The topological polar surface area (TPSA) is 27.7 Å². The molecule has 18 heavy (non-hydrogen) atoms. The van der Waals surface area contributed by atoms with E-state index in [0.717, 1.165) is 45.3 Å². The fourth-order valence-corrected chi connectivity index (χ4v) is 2.12. The molecule has 0 radical (unpaired) electrons. The predicted molar refractivity (Wildman–Crippen MR) is 73.3 cm³/mol. The number of hydrogen-bond donors (Lipinski definition) is 0. The zero-order chi connectivity index (χ0) is 13.4. The lowest BCUT2D eigenvalue weighted by molar-refractivity contribution is -0.295. The third-order valence-electron chi connectivity index (χ3n) is 3.76. The molecule has 1 aliphatic heterocycles. The molecule has 0 aromatic rings. The summed E-state index contributed by atoms with van der Waals surface area (Å²) in [5.41, 5.74) is 0. The number of ether oxygens (including phenoxy) is 3. The van der Waals surface area contributed by atoms with Crippen LogP contribution in [0.25, 0.3) is 0 Å². The summed E-state index contributed by atoms with van der Waals surface area (Å²) in [5.74, 6) is 1.05. The van der Waals surface area contributed by atoms with Gasteiger partial charge in [-0.25, -0.2) is 0 Å². The van der Waals surface area contributed by atoms with Crippen molar-refractivity contribution >= 4 is 0 Å². The Labute approximate surface area is 112 Å². The van der Waals surface area contributed by atoms with Gasteiger partial charge in [0.1, 0.15) is 0 Å². The average molecular weight is 258 g/mol. The van der Waals surface area contributed by atoms with Crippen LogP contribution in [0, 0.1) is 11.8 Å². The molecule has 0 N–H and O–H groups in total. The van der Waals surface area contributed by atoms with Crippen molar-refractivity contribution in [2.45, 2.75) is 72.4 Å². The molecule has 1 fully saturated rings. The van der Waals surface area contributed by atoms with Gasteiger partial charge in [-0.1, -0.05) is 40.5 Å². The molecule has 1 saturated heterocycles. The van der Waals surface area contributed by atoms with E-state index in [-0.39, 0.29) is 12.6 Å². The average Bonchev–Trinajstić information content (AvgIpc) is 2.35. The maximum atomic E-state index is 5.92. The molecule has 0 amide bonds. The quantitative estimate of drug-likeness (QED) is 0.617. The van der Waals surface area contributed by atoms with E-state index in [9.17, 15) is 0 Å². The fraction of sp³-hybridized carbons (Fsp3) is 1.00. The normalized spacial score (nSPS) is 32.7. The Morgan fingerprint density at radius 2 is 1.61 bits per heavy atom. The van der Waals surface area contributed by atoms with Gasteiger partial charge in [-0.15, -0.1) is 0 Å². The lowest BCUT2D eigenvalue weighted by Gasteiger charge is -2.38. The molecule has 4 atom stereocenters. The first-order valence-corrected chi connectivity index (χ1v) is 7.57. The number of unbranched alkanes of at least 4 members (excludes halogenated alkanes) is 2. The highest BCUT2D eigenvalue weighted by atomic mass is 16.8. The second-order valence-electron chi connectivity index (χ2n) is 5.45. The first kappa shape index (κ1) is 15.9. The van der Waals surface area contributed by atoms with Crippen LogP contribution in [-0.4, -0.2) is 25.8 Å². The summed E-state index contributed by atoms with van der Waals surface area (Å²) in [7, 11) is 0. The van der Waals surface area contributed by atoms with Crippen molar-refractivity contribution in [2.75, 3.05) is 13.2 Å². The molecule has 3 heteroatoms. The standard InChI is InChI=1S/C15H30O3/c1-5-7-9-16-14-11-12(3)13(4)15(18-14)17-10-8-6-2/h12-15H,5-11H2,1-4H3. The molecule has 4 unspecified atom stereocenters. The van der Waals surface area contributed by atoms with Crippen LogP contribution in [-0.2, 0) is 14.2 Å². The summed E-state index contributed by atoms with van der Waals surface area (Å²) >= 11 is 0. The molecule has 1 aliphatic rings. The van der Waals surface area contributed by atoms with Crippen LogP contribution < -0.4 is 0 Å². The van der Waals surface area contributed by atoms with Gasteiger partial charge in [0.05, 0.1) is 0 Å². The molecule has 0 aromatic carbocycles. The molecular formula is C15H30O3. The molecule has 0 aliphatic carbocycles. The molecule has 0 spiro atoms. The van der Waals surface area contributed by atoms with Crippen molar-refractivity contribution in [1.29, 1.82) is 0 Å². The van der Waals surface area contributed by atoms with E-state index >= 15 is 0 Å². The van der Waals surface area contributed by atoms with Gasteiger partial charge in [-0.05, 0) is 18.8 Å². The zero-order valence-corrected chi connectivity index (χ0v) is 12.5. The predicted octanol–water partition coefficient (Wildman–Crippen LogP) is 3.96. The summed E-state index contributed by atoms with van der Waals surface area (Å²) in [4.78, 5) is 0. The third-order valence-corrected chi connectivity index (χ3v) is 3.76. The van der Waals surface area contributed by atoms with Crippen LogP contribution in [0.3, 0.4) is 0 Å². The number of rotatable bonds is 8. The Bertz CT molecular complexity index is 208. The van der Waals surface area contributed by atoms with Crippen molar-refractivity contribution in [3.63, 3.8) is 0 Å². The van der Waals surface area contributed by atoms with Crippen molar-refractivity contribution in [3.05, 3.63) is 0 Å². The van der Waals surface area contributed by atoms with Crippen LogP contribution in [0.4, 0.5) is 0 Å². The zero-order valence-electron chi connectivity index (χ0n) is 12.5. The maximum Gasteiger partial charge on any atom is 0.163 e.